The van der Waals surface area contributed by atoms with Gasteiger partial charge in [0, 0.05) is 73.3 Å². The summed E-state index contributed by atoms with van der Waals surface area (Å²) in [6.45, 7) is 5.97. The maximum atomic E-state index is 15.4. The first-order valence-electron chi connectivity index (χ1n) is 31.6. The zero-order chi connectivity index (χ0) is 69.3. The molecule has 26 nitrogen and oxygen atoms in total. The van der Waals surface area contributed by atoms with Crippen molar-refractivity contribution >= 4 is 91.7 Å². The van der Waals surface area contributed by atoms with Gasteiger partial charge in [-0.05, 0) is 84.3 Å². The van der Waals surface area contributed by atoms with Gasteiger partial charge in [-0.15, -0.1) is 0 Å². The summed E-state index contributed by atoms with van der Waals surface area (Å²) in [5, 5.41) is 59.8. The summed E-state index contributed by atoms with van der Waals surface area (Å²) in [5.74, 6) is -9.69. The van der Waals surface area contributed by atoms with E-state index < -0.39 is 120 Å². The zero-order valence-corrected chi connectivity index (χ0v) is 55.1. The Bertz CT molecular complexity index is 3600. The number of aliphatic hydroxyl groups is 1. The normalized spacial score (nSPS) is 21.4. The van der Waals surface area contributed by atoms with Crippen LogP contribution < -0.4 is 64.6 Å². The molecule has 0 unspecified atom stereocenters. The minimum absolute atomic E-state index is 0.0480. The van der Waals surface area contributed by atoms with E-state index in [1.54, 1.807) is 85.1 Å². The number of aliphatic carboxylic acids is 1. The van der Waals surface area contributed by atoms with E-state index in [1.807, 2.05) is 44.2 Å². The van der Waals surface area contributed by atoms with E-state index in [1.165, 1.54) is 31.2 Å². The third-order valence-electron chi connectivity index (χ3n) is 15.8. The Morgan fingerprint density at radius 2 is 1.05 bits per heavy atom. The number of carbonyl (C=O) groups excluding carboxylic acids is 9. The number of hydrogen-bond donors (Lipinski definition) is 16. The highest BCUT2D eigenvalue weighted by molar-refractivity contribution is 8.76. The number of nitrogens with two attached hydrogens (primary N) is 2. The highest BCUT2D eigenvalue weighted by atomic mass is 33.1. The summed E-state index contributed by atoms with van der Waals surface area (Å²) in [6.07, 6.45) is -0.214. The van der Waals surface area contributed by atoms with Gasteiger partial charge >= 0.3 is 12.0 Å². The molecule has 1 aliphatic heterocycles. The monoisotopic (exact) mass is 1360 g/mol. The Morgan fingerprint density at radius 3 is 1.61 bits per heavy atom. The number of benzene rings is 5. The second-order valence-corrected chi connectivity index (χ2v) is 26.3. The molecule has 1 fully saturated rings. The number of nitrogens with one attached hydrogen (secondary N) is 11. The first-order valence-corrected chi connectivity index (χ1v) is 34.1. The molecule has 5 aromatic carbocycles. The van der Waals surface area contributed by atoms with E-state index in [9.17, 15) is 44.1 Å². The van der Waals surface area contributed by atoms with Gasteiger partial charge in [0.25, 0.3) is 0 Å². The average Bonchev–Trinajstić information content (AvgIpc) is 1.58. The van der Waals surface area contributed by atoms with Gasteiger partial charge in [-0.3, -0.25) is 38.4 Å². The minimum Gasteiger partial charge on any atom is -0.508 e. The van der Waals surface area contributed by atoms with Gasteiger partial charge in [-0.25, -0.2) is 9.59 Å². The lowest BCUT2D eigenvalue weighted by atomic mass is 9.99. The highest BCUT2D eigenvalue weighted by Gasteiger charge is 2.38. The number of aromatic nitrogens is 1. The fourth-order valence-corrected chi connectivity index (χ4v) is 12.9. The van der Waals surface area contributed by atoms with Crippen molar-refractivity contribution in [1.82, 2.24) is 58.2 Å². The van der Waals surface area contributed by atoms with Crippen LogP contribution in [0.2, 0.25) is 0 Å². The number of hydrogen-bond acceptors (Lipinski definition) is 16. The van der Waals surface area contributed by atoms with Crippen LogP contribution in [0.5, 0.6) is 5.75 Å². The van der Waals surface area contributed by atoms with Gasteiger partial charge in [0.2, 0.25) is 47.3 Å². The molecule has 6 aromatic rings. The number of carboxylic acid groups (broad SMARTS) is 1. The molecule has 7 rings (SSSR count). The molecule has 96 heavy (non-hydrogen) atoms. The molecule has 0 spiro atoms. The predicted octanol–water partition coefficient (Wildman–Crippen LogP) is 1.79. The number of para-hydroxylation sites is 1. The molecule has 1 saturated heterocycles. The third kappa shape index (κ3) is 23.2. The van der Waals surface area contributed by atoms with Crippen LogP contribution in [0.3, 0.4) is 0 Å². The van der Waals surface area contributed by atoms with Gasteiger partial charge in [0.15, 0.2) is 0 Å². The fourth-order valence-electron chi connectivity index (χ4n) is 10.6. The van der Waals surface area contributed by atoms with Crippen molar-refractivity contribution in [2.75, 3.05) is 18.1 Å². The lowest BCUT2D eigenvalue weighted by molar-refractivity contribution is -0.141. The Hall–Kier alpha value is -9.48. The lowest BCUT2D eigenvalue weighted by Crippen LogP contribution is -2.62. The van der Waals surface area contributed by atoms with Crippen molar-refractivity contribution in [2.45, 2.75) is 145 Å². The van der Waals surface area contributed by atoms with Gasteiger partial charge < -0.3 is 84.9 Å². The Balaban J connectivity index is 1.33. The summed E-state index contributed by atoms with van der Waals surface area (Å²) >= 11 is 0. The van der Waals surface area contributed by atoms with Gasteiger partial charge in [0.1, 0.15) is 60.1 Å². The van der Waals surface area contributed by atoms with E-state index in [0.29, 0.717) is 51.7 Å². The summed E-state index contributed by atoms with van der Waals surface area (Å²) < 4.78 is 0. The first kappa shape index (κ1) is 73.9. The van der Waals surface area contributed by atoms with Crippen LogP contribution >= 0.6 is 21.6 Å². The molecule has 28 heteroatoms. The van der Waals surface area contributed by atoms with Crippen LogP contribution in [-0.2, 0) is 81.8 Å². The molecule has 0 saturated carbocycles. The number of primary amides is 1. The predicted molar refractivity (Wildman–Crippen MR) is 365 cm³/mol. The molecule has 0 aliphatic carbocycles. The molecule has 10 amide bonds. The molecule has 1 aliphatic rings. The second-order valence-electron chi connectivity index (χ2n) is 23.8. The molecule has 0 bridgehead atoms. The number of urea groups is 1. The smallest absolute Gasteiger partial charge is 0.327 e. The third-order valence-corrected chi connectivity index (χ3v) is 18.2. The number of phenolic OH excluding ortho intramolecular Hbond substituents is 1. The van der Waals surface area contributed by atoms with E-state index >= 15 is 19.2 Å². The van der Waals surface area contributed by atoms with Gasteiger partial charge in [-0.2, -0.15) is 0 Å². The van der Waals surface area contributed by atoms with Crippen molar-refractivity contribution in [1.29, 1.82) is 0 Å². The standard InChI is InChI=1S/C68H85N13O13S2/c1-39(2)71-35-45-23-21-43(22-24-45)32-52-61(86)76-55(34-46-36-72-49-19-11-10-18-48(46)49)64(89)73-50(20-12-13-29-69)59(84)81-58(40(3)82)66(91)77-53(31-42-16-8-5-9-17-42)62(87)79-57(67(92)93)38-96-95-37-56(65(90)75-51(60(85)74-52)30-41-14-6-4-7-15-41)78-63(88)54(80-68(70)94)33-44-25-27-47(83)28-26-44/h4-11,14-19,21-28,36,39-40,50-58,71-72,82-83H,12-13,20,29-35,37-38,69H2,1-3H3,(H,73,89)(H,74,85)(H,75,90)(H,76,86)(H,77,91)(H,78,88)(H,79,87)(H,81,84)(H,92,93)(H3,70,80,94)/t40-,50+,51+,52+,53+,54+,55-,56+,57+,58-/m1/s1. The van der Waals surface area contributed by atoms with E-state index in [0.717, 1.165) is 27.2 Å². The Morgan fingerprint density at radius 1 is 0.562 bits per heavy atom. The topological polar surface area (TPSA) is 420 Å². The lowest BCUT2D eigenvalue weighted by Gasteiger charge is -2.29. The molecular formula is C68H85N13O13S2. The minimum atomic E-state index is -1.77. The van der Waals surface area contributed by atoms with E-state index in [4.69, 9.17) is 11.5 Å². The summed E-state index contributed by atoms with van der Waals surface area (Å²) in [5.41, 5.74) is 15.8. The van der Waals surface area contributed by atoms with Crippen molar-refractivity contribution in [2.24, 2.45) is 11.5 Å². The first-order chi connectivity index (χ1) is 46.0. The van der Waals surface area contributed by atoms with Crippen LogP contribution in [0.25, 0.3) is 10.9 Å². The number of aromatic hydroxyl groups is 1. The number of H-pyrrole nitrogens is 1. The van der Waals surface area contributed by atoms with Crippen molar-refractivity contribution < 1.29 is 63.3 Å². The van der Waals surface area contributed by atoms with E-state index in [-0.39, 0.29) is 74.8 Å². The van der Waals surface area contributed by atoms with Crippen LogP contribution in [0.1, 0.15) is 73.4 Å². The van der Waals surface area contributed by atoms with Crippen molar-refractivity contribution in [3.63, 3.8) is 0 Å². The molecule has 512 valence electrons. The van der Waals surface area contributed by atoms with Gasteiger partial charge in [0.05, 0.1) is 6.10 Å². The molecule has 10 atom stereocenters. The average molecular weight is 1360 g/mol. The largest absolute Gasteiger partial charge is 0.508 e. The number of unbranched alkanes of at least 4 members (excludes halogenated alkanes) is 1. The van der Waals surface area contributed by atoms with Crippen LogP contribution in [0.15, 0.2) is 140 Å². The number of fused-ring (bicyclic) bond motifs is 1. The fraction of sp³-hybridized carbons (Fsp3) is 0.382. The van der Waals surface area contributed by atoms with Gasteiger partial charge in [-0.1, -0.05) is 151 Å². The summed E-state index contributed by atoms with van der Waals surface area (Å²) in [6, 6.07) is 22.6. The molecule has 0 radical (unpaired) electrons. The molecular weight excluding hydrogens is 1270 g/mol. The quantitative estimate of drug-likeness (QED) is 0.0340. The van der Waals surface area contributed by atoms with Crippen LogP contribution in [-0.4, -0.2) is 164 Å². The number of carboxylic acids is 1. The number of phenols is 1. The summed E-state index contributed by atoms with van der Waals surface area (Å²) in [7, 11) is 1.78. The number of rotatable bonds is 22. The molecule has 18 N–H and O–H groups in total. The number of aromatic amines is 1. The number of carbonyl (C=O) groups is 10. The maximum absolute atomic E-state index is 15.4. The zero-order valence-electron chi connectivity index (χ0n) is 53.5. The second kappa shape index (κ2) is 37.0. The number of aliphatic hydroxyl groups excluding tert-OH is 1. The SMILES string of the molecule is CC(C)NCc1ccc(C[C@@H]2NC(=O)[C@H](Cc3ccccc3)NC(=O)[C@@H](NC(=O)[C@H](Cc3ccc(O)cc3)NC(N)=O)CSSC[C@@H](C(=O)O)NC(=O)[C@H](Cc3ccccc3)NC(=O)[C@@H]([C@@H](C)O)NC(=O)[C@H](CCCCN)NC(=O)[C@@H](Cc3c[nH]c4ccccc34)NC2=O)cc1. The number of amides is 10. The maximum Gasteiger partial charge on any atom is 0.327 e. The summed E-state index contributed by atoms with van der Waals surface area (Å²) in [4.78, 5) is 147. The van der Waals surface area contributed by atoms with Crippen molar-refractivity contribution in [3.05, 3.63) is 173 Å². The Kier molecular flexibility index (Phi) is 28.5. The van der Waals surface area contributed by atoms with Crippen LogP contribution in [0.4, 0.5) is 4.79 Å². The van der Waals surface area contributed by atoms with Crippen molar-refractivity contribution in [3.8, 4) is 5.75 Å². The van der Waals surface area contributed by atoms with Crippen LogP contribution in [0, 0.1) is 0 Å². The highest BCUT2D eigenvalue weighted by Crippen LogP contribution is 2.25. The molecule has 2 heterocycles. The molecule has 1 aromatic heterocycles. The van der Waals surface area contributed by atoms with E-state index in [2.05, 4.69) is 58.2 Å². The Labute approximate surface area is 564 Å².